The summed E-state index contributed by atoms with van der Waals surface area (Å²) in [7, 11) is 0. The van der Waals surface area contributed by atoms with E-state index in [0.29, 0.717) is 21.4 Å². The lowest BCUT2D eigenvalue weighted by atomic mass is 10.1. The van der Waals surface area contributed by atoms with Gasteiger partial charge in [-0.2, -0.15) is 5.26 Å². The number of allylic oxidation sites excluding steroid dienone is 1. The second-order valence-corrected chi connectivity index (χ2v) is 9.74. The van der Waals surface area contributed by atoms with Gasteiger partial charge in [-0.25, -0.2) is 4.39 Å². The molecule has 3 aromatic carbocycles. The third-order valence-electron chi connectivity index (χ3n) is 6.19. The second-order valence-electron chi connectivity index (χ2n) is 8.90. The van der Waals surface area contributed by atoms with E-state index in [1.165, 1.54) is 18.2 Å². The summed E-state index contributed by atoms with van der Waals surface area (Å²) < 4.78 is 25.5. The van der Waals surface area contributed by atoms with Crippen molar-refractivity contribution in [3.63, 3.8) is 0 Å². The van der Waals surface area contributed by atoms with Crippen molar-refractivity contribution in [3.8, 4) is 17.6 Å². The van der Waals surface area contributed by atoms with Gasteiger partial charge in [-0.05, 0) is 53.3 Å². The van der Waals surface area contributed by atoms with Gasteiger partial charge in [-0.1, -0.05) is 79.5 Å². The molecule has 0 heterocycles. The lowest BCUT2D eigenvalue weighted by Crippen LogP contribution is -2.14. The fourth-order valence-electron chi connectivity index (χ4n) is 4.04. The third kappa shape index (κ3) is 5.51. The maximum absolute atomic E-state index is 14.3. The molecule has 7 heteroatoms. The number of hydrogen-bond acceptors (Lipinski definition) is 4. The monoisotopic (exact) mass is 509 g/mol. The molecule has 0 N–H and O–H groups in total. The molecule has 35 heavy (non-hydrogen) atoms. The molecule has 0 saturated heterocycles. The summed E-state index contributed by atoms with van der Waals surface area (Å²) in [6.45, 7) is 3.88. The maximum atomic E-state index is 14.3. The summed E-state index contributed by atoms with van der Waals surface area (Å²) in [6.07, 6.45) is 0.621. The molecule has 0 aromatic heterocycles. The summed E-state index contributed by atoms with van der Waals surface area (Å²) in [5, 5.41) is 10.8. The lowest BCUT2D eigenvalue weighted by molar-refractivity contribution is -0.149. The molecular weight excluding hydrogens is 488 g/mol. The molecule has 1 aliphatic carbocycles. The number of carbonyl (C=O) groups is 1. The summed E-state index contributed by atoms with van der Waals surface area (Å²) in [5.74, 6) is -1.36. The minimum atomic E-state index is -1.21. The Labute approximate surface area is 213 Å². The number of rotatable bonds is 7. The second kappa shape index (κ2) is 10.1. The zero-order valence-electron chi connectivity index (χ0n) is 19.0. The first kappa shape index (κ1) is 24.8. The van der Waals surface area contributed by atoms with Crippen molar-refractivity contribution in [3.05, 3.63) is 101 Å². The Kier molecular flexibility index (Phi) is 7.16. The maximum Gasteiger partial charge on any atom is 0.311 e. The molecule has 0 spiro atoms. The molecule has 4 rings (SSSR count). The highest BCUT2D eigenvalue weighted by Gasteiger charge is 2.62. The van der Waals surface area contributed by atoms with Crippen molar-refractivity contribution in [1.82, 2.24) is 0 Å². The van der Waals surface area contributed by atoms with Gasteiger partial charge in [0.25, 0.3) is 0 Å². The number of nitrogens with zero attached hydrogens (tertiary/aromatic N) is 1. The minimum Gasteiger partial charge on any atom is -0.454 e. The van der Waals surface area contributed by atoms with E-state index >= 15 is 0 Å². The first-order valence-corrected chi connectivity index (χ1v) is 11.7. The van der Waals surface area contributed by atoms with Gasteiger partial charge in [0.05, 0.1) is 5.92 Å². The Morgan fingerprint density at radius 1 is 1.11 bits per heavy atom. The van der Waals surface area contributed by atoms with Crippen molar-refractivity contribution < 1.29 is 18.7 Å². The van der Waals surface area contributed by atoms with E-state index in [-0.39, 0.29) is 11.7 Å². The zero-order valence-corrected chi connectivity index (χ0v) is 20.6. The van der Waals surface area contributed by atoms with E-state index in [2.05, 4.69) is 0 Å². The third-order valence-corrected chi connectivity index (χ3v) is 6.79. The fraction of sp³-hybridized carbons (Fsp3) is 0.214. The van der Waals surface area contributed by atoms with E-state index in [4.69, 9.17) is 32.7 Å². The molecule has 0 amide bonds. The lowest BCUT2D eigenvalue weighted by Gasteiger charge is -2.14. The number of carbonyl (C=O) groups excluding carboxylic acids is 1. The van der Waals surface area contributed by atoms with Crippen LogP contribution in [0.3, 0.4) is 0 Å². The van der Waals surface area contributed by atoms with Crippen LogP contribution >= 0.6 is 23.2 Å². The van der Waals surface area contributed by atoms with Gasteiger partial charge in [-0.15, -0.1) is 0 Å². The number of nitriles is 1. The molecule has 1 fully saturated rings. The van der Waals surface area contributed by atoms with Crippen LogP contribution in [0.15, 0.2) is 78.9 Å². The largest absolute Gasteiger partial charge is 0.454 e. The van der Waals surface area contributed by atoms with Gasteiger partial charge in [0.15, 0.2) is 11.6 Å². The topological polar surface area (TPSA) is 59.3 Å². The van der Waals surface area contributed by atoms with Crippen LogP contribution in [0.5, 0.6) is 11.5 Å². The molecule has 0 bridgehead atoms. The molecule has 3 atom stereocenters. The standard InChI is InChI=1S/C28H22Cl2FNO3/c1-28(2)21(15-22(30)17-8-11-19(29)12-9-17)26(28)27(33)35-25(16-32)18-10-13-23(31)24(14-18)34-20-6-4-3-5-7-20/h3-15,21,25-26H,1-2H3/b22-15-/t21-,25?,26-/m0/s1. The highest BCUT2D eigenvalue weighted by atomic mass is 35.5. The van der Waals surface area contributed by atoms with E-state index in [9.17, 15) is 14.4 Å². The predicted molar refractivity (Wildman–Crippen MR) is 133 cm³/mol. The highest BCUT2D eigenvalue weighted by Crippen LogP contribution is 2.60. The van der Waals surface area contributed by atoms with Gasteiger partial charge < -0.3 is 9.47 Å². The number of esters is 1. The highest BCUT2D eigenvalue weighted by molar-refractivity contribution is 6.48. The van der Waals surface area contributed by atoms with Crippen molar-refractivity contribution in [2.75, 3.05) is 0 Å². The Hall–Kier alpha value is -3.33. The fourth-order valence-corrected chi connectivity index (χ4v) is 4.42. The van der Waals surface area contributed by atoms with Crippen LogP contribution < -0.4 is 4.74 Å². The summed E-state index contributed by atoms with van der Waals surface area (Å²) in [4.78, 5) is 13.0. The predicted octanol–water partition coefficient (Wildman–Crippen LogP) is 7.93. The number of halogens is 3. The Balaban J connectivity index is 1.49. The van der Waals surface area contributed by atoms with Gasteiger partial charge in [0.2, 0.25) is 6.10 Å². The van der Waals surface area contributed by atoms with E-state index in [0.717, 1.165) is 5.56 Å². The Morgan fingerprint density at radius 3 is 2.46 bits per heavy atom. The average molecular weight is 510 g/mol. The molecule has 1 unspecified atom stereocenters. The van der Waals surface area contributed by atoms with Gasteiger partial charge in [0.1, 0.15) is 11.8 Å². The summed E-state index contributed by atoms with van der Waals surface area (Å²) in [6, 6.07) is 21.7. The Morgan fingerprint density at radius 2 is 1.80 bits per heavy atom. The van der Waals surface area contributed by atoms with Crippen molar-refractivity contribution >= 4 is 34.2 Å². The number of para-hydroxylation sites is 1. The van der Waals surface area contributed by atoms with Gasteiger partial charge in [0, 0.05) is 15.6 Å². The van der Waals surface area contributed by atoms with Crippen LogP contribution in [0.25, 0.3) is 5.03 Å². The molecular formula is C28H22Cl2FNO3. The molecule has 0 aliphatic heterocycles. The van der Waals surface area contributed by atoms with Crippen molar-refractivity contribution in [2.24, 2.45) is 17.3 Å². The van der Waals surface area contributed by atoms with Crippen LogP contribution in [0, 0.1) is 34.4 Å². The van der Waals surface area contributed by atoms with Crippen LogP contribution in [-0.2, 0) is 9.53 Å². The first-order valence-electron chi connectivity index (χ1n) is 11.0. The van der Waals surface area contributed by atoms with Crippen molar-refractivity contribution in [2.45, 2.75) is 20.0 Å². The van der Waals surface area contributed by atoms with Gasteiger partial charge >= 0.3 is 5.97 Å². The number of hydrogen-bond donors (Lipinski definition) is 0. The van der Waals surface area contributed by atoms with Crippen LogP contribution in [0.2, 0.25) is 5.02 Å². The molecule has 1 aliphatic rings. The average Bonchev–Trinajstić information content (AvgIpc) is 3.39. The molecule has 178 valence electrons. The van der Waals surface area contributed by atoms with E-state index < -0.39 is 29.2 Å². The molecule has 4 nitrogen and oxygen atoms in total. The Bertz CT molecular complexity index is 1300. The number of benzene rings is 3. The first-order chi connectivity index (χ1) is 16.7. The normalized spacial score (nSPS) is 19.4. The van der Waals surface area contributed by atoms with E-state index in [1.54, 1.807) is 48.5 Å². The smallest absolute Gasteiger partial charge is 0.311 e. The number of ether oxygens (including phenoxy) is 2. The van der Waals surface area contributed by atoms with Gasteiger partial charge in [-0.3, -0.25) is 4.79 Å². The summed E-state index contributed by atoms with van der Waals surface area (Å²) >= 11 is 12.4. The quantitative estimate of drug-likeness (QED) is 0.303. The van der Waals surface area contributed by atoms with Crippen LogP contribution in [-0.4, -0.2) is 5.97 Å². The van der Waals surface area contributed by atoms with Crippen LogP contribution in [0.1, 0.15) is 31.1 Å². The SMILES string of the molecule is CC1(C)[C@H](C(=O)OC(C#N)c2ccc(F)c(Oc3ccccc3)c2)[C@@H]1/C=C(\Cl)c1ccc(Cl)cc1. The summed E-state index contributed by atoms with van der Waals surface area (Å²) in [5.41, 5.74) is 0.713. The van der Waals surface area contributed by atoms with Crippen molar-refractivity contribution in [1.29, 1.82) is 5.26 Å². The van der Waals surface area contributed by atoms with E-state index in [1.807, 2.05) is 32.1 Å². The minimum absolute atomic E-state index is 0.0627. The molecule has 3 aromatic rings. The molecule has 0 radical (unpaired) electrons. The zero-order chi connectivity index (χ0) is 25.2. The van der Waals surface area contributed by atoms with Crippen LogP contribution in [0.4, 0.5) is 4.39 Å². The molecule has 1 saturated carbocycles.